The number of nitrogens with zero attached hydrogens (tertiary/aromatic N) is 1. The summed E-state index contributed by atoms with van der Waals surface area (Å²) >= 11 is 0. The molecule has 0 radical (unpaired) electrons. The smallest absolute Gasteiger partial charge is 0.159 e. The quantitative estimate of drug-likeness (QED) is 0.168. The van der Waals surface area contributed by atoms with Gasteiger partial charge in [0.25, 0.3) is 0 Å². The third-order valence-electron chi connectivity index (χ3n) is 11.0. The number of anilines is 3. The molecule has 0 aliphatic rings. The second-order valence-electron chi connectivity index (χ2n) is 14.0. The third kappa shape index (κ3) is 4.74. The summed E-state index contributed by atoms with van der Waals surface area (Å²) in [5.41, 5.74) is 9.61. The van der Waals surface area contributed by atoms with Crippen LogP contribution < -0.4 is 4.90 Å². The number of para-hydroxylation sites is 2. The van der Waals surface area contributed by atoms with E-state index in [-0.39, 0.29) is 0 Å². The van der Waals surface area contributed by atoms with Gasteiger partial charge >= 0.3 is 0 Å². The van der Waals surface area contributed by atoms with Crippen LogP contribution in [0, 0.1) is 0 Å². The van der Waals surface area contributed by atoms with Gasteiger partial charge in [0.2, 0.25) is 0 Å². The monoisotopic (exact) mass is 687 g/mol. The van der Waals surface area contributed by atoms with Crippen molar-refractivity contribution in [3.63, 3.8) is 0 Å². The van der Waals surface area contributed by atoms with Crippen LogP contribution in [0.15, 0.2) is 205 Å². The number of benzene rings is 10. The Balaban J connectivity index is 1.14. The highest BCUT2D eigenvalue weighted by Gasteiger charge is 2.23. The van der Waals surface area contributed by atoms with Crippen LogP contribution in [0.25, 0.3) is 87.3 Å². The number of fused-ring (bicyclic) bond motifs is 10. The van der Waals surface area contributed by atoms with Gasteiger partial charge in [0.1, 0.15) is 5.58 Å². The maximum absolute atomic E-state index is 6.94. The third-order valence-corrected chi connectivity index (χ3v) is 11.0. The van der Waals surface area contributed by atoms with Crippen LogP contribution in [-0.4, -0.2) is 0 Å². The molecule has 0 N–H and O–H groups in total. The highest BCUT2D eigenvalue weighted by Crippen LogP contribution is 2.47. The Labute approximate surface area is 312 Å². The SMILES string of the molecule is c1ccc(-c2ccccc2N(c2ccc(-c3cc4ccccc4c4c3ccc3ccccc34)cc2)c2cccc3c2oc2c4ccccc4ccc32)cc1. The lowest BCUT2D eigenvalue weighted by Crippen LogP contribution is -2.11. The summed E-state index contributed by atoms with van der Waals surface area (Å²) in [6.45, 7) is 0. The van der Waals surface area contributed by atoms with Gasteiger partial charge in [0, 0.05) is 27.4 Å². The Morgan fingerprint density at radius 3 is 1.67 bits per heavy atom. The van der Waals surface area contributed by atoms with Crippen molar-refractivity contribution in [3.8, 4) is 22.3 Å². The lowest BCUT2D eigenvalue weighted by molar-refractivity contribution is 0.673. The molecule has 252 valence electrons. The highest BCUT2D eigenvalue weighted by molar-refractivity contribution is 6.24. The number of rotatable bonds is 5. The van der Waals surface area contributed by atoms with Crippen LogP contribution in [-0.2, 0) is 0 Å². The minimum absolute atomic E-state index is 0.864. The molecule has 0 saturated carbocycles. The highest BCUT2D eigenvalue weighted by atomic mass is 16.3. The predicted octanol–water partition coefficient (Wildman–Crippen LogP) is 15.0. The zero-order chi connectivity index (χ0) is 35.6. The van der Waals surface area contributed by atoms with Crippen molar-refractivity contribution in [1.82, 2.24) is 0 Å². The van der Waals surface area contributed by atoms with E-state index in [9.17, 15) is 0 Å². The summed E-state index contributed by atoms with van der Waals surface area (Å²) in [6, 6.07) is 72.1. The van der Waals surface area contributed by atoms with Gasteiger partial charge in [-0.25, -0.2) is 0 Å². The minimum atomic E-state index is 0.864. The molecule has 2 heteroatoms. The van der Waals surface area contributed by atoms with Crippen LogP contribution in [0.2, 0.25) is 0 Å². The van der Waals surface area contributed by atoms with Crippen LogP contribution in [0.1, 0.15) is 0 Å². The number of furan rings is 1. The standard InChI is InChI=1S/C52H33NO/c1-2-13-34(14-3-1)40-18-10-11-23-48(40)53(49-24-12-22-45-46-32-28-36-16-5-9-21-43(36)51(46)54-52(45)49)39-29-25-37(26-30-39)47-33-38-17-6-8-20-42(38)50-41-19-7-4-15-35(41)27-31-44(47)50/h1-33H. The van der Waals surface area contributed by atoms with E-state index >= 15 is 0 Å². The summed E-state index contributed by atoms with van der Waals surface area (Å²) in [5, 5.41) is 12.1. The molecule has 0 aliphatic carbocycles. The molecule has 0 aliphatic heterocycles. The maximum atomic E-state index is 6.94. The van der Waals surface area contributed by atoms with Crippen molar-refractivity contribution < 1.29 is 4.42 Å². The van der Waals surface area contributed by atoms with E-state index in [1.165, 1.54) is 48.8 Å². The molecule has 0 unspecified atom stereocenters. The van der Waals surface area contributed by atoms with E-state index in [0.29, 0.717) is 0 Å². The van der Waals surface area contributed by atoms with E-state index < -0.39 is 0 Å². The van der Waals surface area contributed by atoms with Gasteiger partial charge < -0.3 is 9.32 Å². The van der Waals surface area contributed by atoms with Gasteiger partial charge in [-0.15, -0.1) is 0 Å². The Bertz CT molecular complexity index is 3200. The Morgan fingerprint density at radius 2 is 0.870 bits per heavy atom. The van der Waals surface area contributed by atoms with Gasteiger partial charge in [0.15, 0.2) is 5.58 Å². The van der Waals surface area contributed by atoms with Crippen LogP contribution in [0.5, 0.6) is 0 Å². The van der Waals surface area contributed by atoms with Gasteiger partial charge in [-0.2, -0.15) is 0 Å². The molecule has 10 aromatic carbocycles. The Kier molecular flexibility index (Phi) is 6.90. The molecule has 11 rings (SSSR count). The molecule has 1 aromatic heterocycles. The first-order valence-electron chi connectivity index (χ1n) is 18.5. The zero-order valence-electron chi connectivity index (χ0n) is 29.4. The van der Waals surface area contributed by atoms with Crippen LogP contribution in [0.3, 0.4) is 0 Å². The molecule has 2 nitrogen and oxygen atoms in total. The van der Waals surface area contributed by atoms with Crippen molar-refractivity contribution in [2.45, 2.75) is 0 Å². The maximum Gasteiger partial charge on any atom is 0.159 e. The van der Waals surface area contributed by atoms with Crippen molar-refractivity contribution in [1.29, 1.82) is 0 Å². The summed E-state index contributed by atoms with van der Waals surface area (Å²) in [6.07, 6.45) is 0. The largest absolute Gasteiger partial charge is 0.453 e. The lowest BCUT2D eigenvalue weighted by Gasteiger charge is -2.28. The van der Waals surface area contributed by atoms with E-state index in [2.05, 4.69) is 205 Å². The number of hydrogen-bond donors (Lipinski definition) is 0. The second kappa shape index (κ2) is 12.2. The van der Waals surface area contributed by atoms with E-state index in [4.69, 9.17) is 4.42 Å². The summed E-state index contributed by atoms with van der Waals surface area (Å²) in [5.74, 6) is 0. The van der Waals surface area contributed by atoms with Crippen LogP contribution >= 0.6 is 0 Å². The summed E-state index contributed by atoms with van der Waals surface area (Å²) < 4.78 is 6.94. The van der Waals surface area contributed by atoms with Gasteiger partial charge in [-0.3, -0.25) is 0 Å². The van der Waals surface area contributed by atoms with E-state index in [1.807, 2.05) is 0 Å². The molecular formula is C52H33NO. The summed E-state index contributed by atoms with van der Waals surface area (Å²) in [7, 11) is 0. The first-order valence-corrected chi connectivity index (χ1v) is 18.5. The fourth-order valence-electron chi connectivity index (χ4n) is 8.52. The molecule has 0 spiro atoms. The molecule has 0 saturated heterocycles. The molecular weight excluding hydrogens is 655 g/mol. The van der Waals surface area contributed by atoms with Gasteiger partial charge in [0.05, 0.1) is 11.4 Å². The van der Waals surface area contributed by atoms with Crippen molar-refractivity contribution >= 4 is 82.1 Å². The first-order chi connectivity index (χ1) is 26.8. The van der Waals surface area contributed by atoms with Crippen molar-refractivity contribution in [2.24, 2.45) is 0 Å². The zero-order valence-corrected chi connectivity index (χ0v) is 29.4. The molecule has 0 bridgehead atoms. The average molecular weight is 688 g/mol. The molecule has 0 amide bonds. The second-order valence-corrected chi connectivity index (χ2v) is 14.0. The fourth-order valence-corrected chi connectivity index (χ4v) is 8.52. The van der Waals surface area contributed by atoms with Crippen molar-refractivity contribution in [3.05, 3.63) is 200 Å². The number of hydrogen-bond acceptors (Lipinski definition) is 2. The first kappa shape index (κ1) is 30.5. The normalized spacial score (nSPS) is 11.7. The molecule has 0 fully saturated rings. The Morgan fingerprint density at radius 1 is 0.315 bits per heavy atom. The molecule has 11 aromatic rings. The van der Waals surface area contributed by atoms with Crippen LogP contribution in [0.4, 0.5) is 17.1 Å². The van der Waals surface area contributed by atoms with Gasteiger partial charge in [-0.05, 0) is 90.8 Å². The lowest BCUT2D eigenvalue weighted by atomic mass is 9.90. The molecule has 54 heavy (non-hydrogen) atoms. The fraction of sp³-hybridized carbons (Fsp3) is 0. The topological polar surface area (TPSA) is 16.4 Å². The van der Waals surface area contributed by atoms with Gasteiger partial charge in [-0.1, -0.05) is 164 Å². The van der Waals surface area contributed by atoms with E-state index in [0.717, 1.165) is 55.5 Å². The van der Waals surface area contributed by atoms with E-state index in [1.54, 1.807) is 0 Å². The predicted molar refractivity (Wildman–Crippen MR) is 229 cm³/mol. The molecule has 0 atom stereocenters. The average Bonchev–Trinajstić information content (AvgIpc) is 3.64. The summed E-state index contributed by atoms with van der Waals surface area (Å²) in [4.78, 5) is 2.37. The minimum Gasteiger partial charge on any atom is -0.453 e. The molecule has 1 heterocycles. The Hall–Kier alpha value is -7.16. The van der Waals surface area contributed by atoms with Crippen molar-refractivity contribution in [2.75, 3.05) is 4.90 Å².